The van der Waals surface area contributed by atoms with Crippen molar-refractivity contribution >= 4 is 17.7 Å². The zero-order valence-electron chi connectivity index (χ0n) is 16.2. The van der Waals surface area contributed by atoms with E-state index in [2.05, 4.69) is 5.32 Å². The number of carbonyl (C=O) groups excluding carboxylic acids is 1. The van der Waals surface area contributed by atoms with Gasteiger partial charge in [-0.1, -0.05) is 48.5 Å². The van der Waals surface area contributed by atoms with Gasteiger partial charge in [-0.2, -0.15) is 13.2 Å². The summed E-state index contributed by atoms with van der Waals surface area (Å²) in [6, 6.07) is 15.9. The monoisotopic (exact) mass is 432 g/mol. The fourth-order valence-corrected chi connectivity index (χ4v) is 4.01. The third-order valence-electron chi connectivity index (χ3n) is 4.63. The van der Waals surface area contributed by atoms with Crippen molar-refractivity contribution < 1.29 is 18.0 Å². The highest BCUT2D eigenvalue weighted by atomic mass is 32.2. The Morgan fingerprint density at radius 1 is 1.03 bits per heavy atom. The van der Waals surface area contributed by atoms with Gasteiger partial charge in [-0.3, -0.25) is 9.59 Å². The highest BCUT2D eigenvalue weighted by Crippen LogP contribution is 2.33. The second-order valence-electron chi connectivity index (χ2n) is 6.63. The van der Waals surface area contributed by atoms with E-state index in [1.165, 1.54) is 11.8 Å². The lowest BCUT2D eigenvalue weighted by molar-refractivity contribution is -0.141. The van der Waals surface area contributed by atoms with Crippen molar-refractivity contribution in [3.63, 3.8) is 0 Å². The van der Waals surface area contributed by atoms with E-state index in [0.29, 0.717) is 6.07 Å². The van der Waals surface area contributed by atoms with Gasteiger partial charge in [0, 0.05) is 4.90 Å². The summed E-state index contributed by atoms with van der Waals surface area (Å²) in [5.41, 5.74) is -0.0270. The number of nitrogens with one attached hydrogen (secondary N) is 2. The molecule has 0 aliphatic heterocycles. The van der Waals surface area contributed by atoms with Gasteiger partial charge in [-0.15, -0.1) is 11.8 Å². The summed E-state index contributed by atoms with van der Waals surface area (Å²) in [5.74, 6) is -0.757. The molecule has 3 rings (SSSR count). The molecular formula is C22H19F3N2O2S. The number of aromatic amines is 1. The number of pyridine rings is 1. The molecule has 8 heteroatoms. The molecule has 0 radical (unpaired) electrons. The maximum atomic E-state index is 12.8. The minimum atomic E-state index is -4.70. The molecule has 0 aliphatic carbocycles. The maximum Gasteiger partial charge on any atom is 0.431 e. The molecule has 1 amide bonds. The second kappa shape index (κ2) is 8.79. The zero-order chi connectivity index (χ0) is 21.9. The molecule has 0 aliphatic rings. The largest absolute Gasteiger partial charge is 0.431 e. The first-order valence-electron chi connectivity index (χ1n) is 9.02. The van der Waals surface area contributed by atoms with Crippen molar-refractivity contribution in [2.24, 2.45) is 0 Å². The van der Waals surface area contributed by atoms with Crippen LogP contribution in [0.2, 0.25) is 0 Å². The van der Waals surface area contributed by atoms with Crippen molar-refractivity contribution in [3.8, 4) is 0 Å². The first-order chi connectivity index (χ1) is 14.2. The number of benzene rings is 2. The maximum absolute atomic E-state index is 12.8. The number of amides is 1. The smallest absolute Gasteiger partial charge is 0.341 e. The molecule has 1 heterocycles. The minimum Gasteiger partial charge on any atom is -0.341 e. The molecule has 1 atom stereocenters. The van der Waals surface area contributed by atoms with Crippen molar-refractivity contribution in [3.05, 3.63) is 99.0 Å². The number of alkyl halides is 3. The van der Waals surface area contributed by atoms with Gasteiger partial charge < -0.3 is 10.3 Å². The van der Waals surface area contributed by atoms with Crippen molar-refractivity contribution in [1.82, 2.24) is 10.3 Å². The summed E-state index contributed by atoms with van der Waals surface area (Å²) in [4.78, 5) is 27.7. The second-order valence-corrected chi connectivity index (χ2v) is 7.44. The van der Waals surface area contributed by atoms with Gasteiger partial charge in [0.2, 0.25) is 0 Å². The molecule has 0 bridgehead atoms. The van der Waals surface area contributed by atoms with Gasteiger partial charge in [-0.05, 0) is 42.0 Å². The van der Waals surface area contributed by atoms with E-state index in [1.807, 2.05) is 61.7 Å². The Hall–Kier alpha value is -3.00. The number of hydrogen-bond acceptors (Lipinski definition) is 3. The fraction of sp³-hybridized carbons (Fsp3) is 0.182. The van der Waals surface area contributed by atoms with Gasteiger partial charge >= 0.3 is 6.18 Å². The van der Waals surface area contributed by atoms with E-state index in [-0.39, 0.29) is 5.56 Å². The third kappa shape index (κ3) is 4.59. The highest BCUT2D eigenvalue weighted by molar-refractivity contribution is 7.98. The van der Waals surface area contributed by atoms with E-state index in [9.17, 15) is 22.8 Å². The van der Waals surface area contributed by atoms with Crippen LogP contribution in [0.5, 0.6) is 0 Å². The molecule has 2 aromatic carbocycles. The summed E-state index contributed by atoms with van der Waals surface area (Å²) in [7, 11) is 0. The van der Waals surface area contributed by atoms with Gasteiger partial charge in [-0.25, -0.2) is 0 Å². The Kier molecular flexibility index (Phi) is 6.36. The van der Waals surface area contributed by atoms with Gasteiger partial charge in [0.05, 0.1) is 6.04 Å². The van der Waals surface area contributed by atoms with Gasteiger partial charge in [0.15, 0.2) is 0 Å². The number of hydrogen-bond donors (Lipinski definition) is 2. The number of halogens is 3. The van der Waals surface area contributed by atoms with E-state index < -0.39 is 29.4 Å². The molecule has 0 saturated carbocycles. The molecule has 1 unspecified atom stereocenters. The Morgan fingerprint density at radius 3 is 2.33 bits per heavy atom. The number of aromatic nitrogens is 1. The molecule has 2 N–H and O–H groups in total. The van der Waals surface area contributed by atoms with E-state index in [4.69, 9.17) is 0 Å². The lowest BCUT2D eigenvalue weighted by Crippen LogP contribution is -2.34. The van der Waals surface area contributed by atoms with E-state index >= 15 is 0 Å². The molecule has 1 aromatic heterocycles. The molecule has 4 nitrogen and oxygen atoms in total. The van der Waals surface area contributed by atoms with Crippen LogP contribution in [0.4, 0.5) is 13.2 Å². The highest BCUT2D eigenvalue weighted by Gasteiger charge is 2.32. The topological polar surface area (TPSA) is 62.0 Å². The molecule has 3 aromatic rings. The standard InChI is InChI=1S/C22H19F3N2O2S/c1-13-7-6-10-15(19(13)30-2)18(14-8-4-3-5-9-14)27-21(29)16-11-12-17(22(23,24)25)26-20(16)28/h3-12,18H,1-2H3,(H,26,28)(H,27,29). The number of carbonyl (C=O) groups is 1. The van der Waals surface area contributed by atoms with E-state index in [1.54, 1.807) is 4.98 Å². The lowest BCUT2D eigenvalue weighted by Gasteiger charge is -2.23. The normalized spacial score (nSPS) is 12.4. The number of rotatable bonds is 5. The van der Waals surface area contributed by atoms with Crippen LogP contribution < -0.4 is 10.9 Å². The molecule has 0 spiro atoms. The first kappa shape index (κ1) is 21.7. The quantitative estimate of drug-likeness (QED) is 0.561. The summed E-state index contributed by atoms with van der Waals surface area (Å²) >= 11 is 1.53. The van der Waals surface area contributed by atoms with E-state index in [0.717, 1.165) is 27.7 Å². The van der Waals surface area contributed by atoms with Crippen LogP contribution in [0.15, 0.2) is 70.4 Å². The third-order valence-corrected chi connectivity index (χ3v) is 5.59. The summed E-state index contributed by atoms with van der Waals surface area (Å²) in [6.07, 6.45) is -2.77. The molecular weight excluding hydrogens is 413 g/mol. The van der Waals surface area contributed by atoms with Crippen LogP contribution in [0, 0.1) is 6.92 Å². The fourth-order valence-electron chi connectivity index (χ4n) is 3.19. The van der Waals surface area contributed by atoms with Crippen LogP contribution in [-0.2, 0) is 6.18 Å². The van der Waals surface area contributed by atoms with Gasteiger partial charge in [0.25, 0.3) is 11.5 Å². The Labute approximate surface area is 175 Å². The molecule has 30 heavy (non-hydrogen) atoms. The van der Waals surface area contributed by atoms with Crippen LogP contribution in [0.25, 0.3) is 0 Å². The van der Waals surface area contributed by atoms with Crippen LogP contribution in [0.3, 0.4) is 0 Å². The lowest BCUT2D eigenvalue weighted by atomic mass is 9.96. The predicted octanol–water partition coefficient (Wildman–Crippen LogP) is 4.94. The Bertz CT molecular complexity index is 1110. The Balaban J connectivity index is 2.02. The Morgan fingerprint density at radius 2 is 1.73 bits per heavy atom. The average molecular weight is 432 g/mol. The number of thioether (sulfide) groups is 1. The van der Waals surface area contributed by atoms with Crippen LogP contribution >= 0.6 is 11.8 Å². The van der Waals surface area contributed by atoms with Crippen molar-refractivity contribution in [2.45, 2.75) is 24.0 Å². The summed E-state index contributed by atoms with van der Waals surface area (Å²) < 4.78 is 38.4. The van der Waals surface area contributed by atoms with Crippen molar-refractivity contribution in [2.75, 3.05) is 6.26 Å². The zero-order valence-corrected chi connectivity index (χ0v) is 17.0. The summed E-state index contributed by atoms with van der Waals surface area (Å²) in [5, 5.41) is 2.81. The van der Waals surface area contributed by atoms with Gasteiger partial charge in [0.1, 0.15) is 11.3 Å². The minimum absolute atomic E-state index is 0.387. The molecule has 156 valence electrons. The SMILES string of the molecule is CSc1c(C)cccc1C(NC(=O)c1ccc(C(F)(F)F)[nH]c1=O)c1ccccc1. The van der Waals surface area contributed by atoms with Crippen LogP contribution in [-0.4, -0.2) is 17.1 Å². The summed E-state index contributed by atoms with van der Waals surface area (Å²) in [6.45, 7) is 1.96. The molecule has 0 fully saturated rings. The number of aryl methyl sites for hydroxylation is 1. The average Bonchev–Trinajstić information content (AvgIpc) is 2.71. The van der Waals surface area contributed by atoms with Crippen molar-refractivity contribution in [1.29, 1.82) is 0 Å². The van der Waals surface area contributed by atoms with Crippen LogP contribution in [0.1, 0.15) is 38.8 Å². The number of H-pyrrole nitrogens is 1. The first-order valence-corrected chi connectivity index (χ1v) is 10.2. The molecule has 0 saturated heterocycles. The predicted molar refractivity (Wildman–Crippen MR) is 111 cm³/mol.